The van der Waals surface area contributed by atoms with Gasteiger partial charge >= 0.3 is 0 Å². The lowest BCUT2D eigenvalue weighted by molar-refractivity contribution is 0.0742. The van der Waals surface area contributed by atoms with Crippen LogP contribution in [-0.2, 0) is 6.42 Å². The summed E-state index contributed by atoms with van der Waals surface area (Å²) in [5.41, 5.74) is 3.36. The topological polar surface area (TPSA) is 32.3 Å². The van der Waals surface area contributed by atoms with Crippen LogP contribution in [-0.4, -0.2) is 24.4 Å². The van der Waals surface area contributed by atoms with E-state index < -0.39 is 11.6 Å². The van der Waals surface area contributed by atoms with Crippen LogP contribution in [0, 0.1) is 11.6 Å². The van der Waals surface area contributed by atoms with E-state index in [2.05, 4.69) is 5.32 Å². The van der Waals surface area contributed by atoms with Crippen molar-refractivity contribution in [2.24, 2.45) is 0 Å². The maximum Gasteiger partial charge on any atom is 0.254 e. The molecule has 1 unspecified atom stereocenters. The van der Waals surface area contributed by atoms with E-state index in [1.54, 1.807) is 20.0 Å². The summed E-state index contributed by atoms with van der Waals surface area (Å²) < 4.78 is 26.4. The summed E-state index contributed by atoms with van der Waals surface area (Å²) in [6.07, 6.45) is 0.902. The van der Waals surface area contributed by atoms with Crippen molar-refractivity contribution >= 4 is 24.0 Å². The van der Waals surface area contributed by atoms with Crippen LogP contribution >= 0.6 is 12.4 Å². The molecule has 0 saturated heterocycles. The lowest BCUT2D eigenvalue weighted by Crippen LogP contribution is -2.29. The minimum Gasteiger partial charge on any atom is -0.384 e. The Morgan fingerprint density at radius 3 is 2.62 bits per heavy atom. The van der Waals surface area contributed by atoms with Crippen LogP contribution in [0.1, 0.15) is 34.5 Å². The molecule has 0 spiro atoms. The van der Waals surface area contributed by atoms with Crippen molar-refractivity contribution in [1.82, 2.24) is 4.90 Å². The Labute approximate surface area is 146 Å². The second-order valence-corrected chi connectivity index (χ2v) is 5.81. The predicted molar refractivity (Wildman–Crippen MR) is 92.8 cm³/mol. The molecule has 128 valence electrons. The number of hydrogen-bond acceptors (Lipinski definition) is 2. The van der Waals surface area contributed by atoms with E-state index in [0.717, 1.165) is 36.3 Å². The molecule has 0 aromatic heterocycles. The maximum atomic E-state index is 13.4. The van der Waals surface area contributed by atoms with E-state index in [9.17, 15) is 13.6 Å². The van der Waals surface area contributed by atoms with Crippen LogP contribution in [0.25, 0.3) is 0 Å². The van der Waals surface area contributed by atoms with Gasteiger partial charge in [0.2, 0.25) is 0 Å². The minimum atomic E-state index is -0.904. The van der Waals surface area contributed by atoms with Crippen LogP contribution in [0.5, 0.6) is 0 Å². The van der Waals surface area contributed by atoms with E-state index in [1.165, 1.54) is 11.0 Å². The highest BCUT2D eigenvalue weighted by molar-refractivity contribution is 5.95. The Morgan fingerprint density at radius 1 is 1.17 bits per heavy atom. The van der Waals surface area contributed by atoms with Crippen LogP contribution in [0.15, 0.2) is 36.4 Å². The molecule has 24 heavy (non-hydrogen) atoms. The third-order valence-electron chi connectivity index (χ3n) is 4.39. The van der Waals surface area contributed by atoms with Crippen LogP contribution in [0.2, 0.25) is 0 Å². The number of hydrogen-bond donors (Lipinski definition) is 1. The fraction of sp³-hybridized carbons (Fsp3) is 0.278. The third kappa shape index (κ3) is 3.36. The molecule has 0 saturated carbocycles. The summed E-state index contributed by atoms with van der Waals surface area (Å²) in [5.74, 6) is -1.93. The summed E-state index contributed by atoms with van der Waals surface area (Å²) in [4.78, 5) is 14.2. The van der Waals surface area contributed by atoms with E-state index in [1.807, 2.05) is 12.1 Å². The first-order chi connectivity index (χ1) is 11.0. The first-order valence-corrected chi connectivity index (χ1v) is 7.56. The van der Waals surface area contributed by atoms with Crippen molar-refractivity contribution in [1.29, 1.82) is 0 Å². The average Bonchev–Trinajstić information content (AvgIpc) is 3.02. The third-order valence-corrected chi connectivity index (χ3v) is 4.39. The maximum absolute atomic E-state index is 13.4. The van der Waals surface area contributed by atoms with Crippen molar-refractivity contribution in [3.8, 4) is 0 Å². The molecule has 1 atom stereocenters. The van der Waals surface area contributed by atoms with Crippen LogP contribution < -0.4 is 5.32 Å². The Morgan fingerprint density at radius 2 is 1.92 bits per heavy atom. The summed E-state index contributed by atoms with van der Waals surface area (Å²) in [6, 6.07) is 8.95. The minimum absolute atomic E-state index is 0. The Balaban J connectivity index is 0.00000208. The van der Waals surface area contributed by atoms with Gasteiger partial charge in [-0.25, -0.2) is 8.78 Å². The largest absolute Gasteiger partial charge is 0.384 e. The quantitative estimate of drug-likeness (QED) is 0.898. The van der Waals surface area contributed by atoms with Crippen LogP contribution in [0.4, 0.5) is 14.5 Å². The van der Waals surface area contributed by atoms with E-state index in [0.29, 0.717) is 11.1 Å². The normalized spacial score (nSPS) is 13.5. The highest BCUT2D eigenvalue weighted by atomic mass is 35.5. The highest BCUT2D eigenvalue weighted by Crippen LogP contribution is 2.26. The molecule has 3 nitrogen and oxygen atoms in total. The smallest absolute Gasteiger partial charge is 0.254 e. The molecule has 1 aliphatic rings. The molecule has 2 aromatic carbocycles. The SMILES string of the molecule is CC(c1ccc(F)c(F)c1)N(C)C(=O)c1ccc2c(c1)CCN2.Cl. The molecule has 0 bridgehead atoms. The monoisotopic (exact) mass is 352 g/mol. The number of rotatable bonds is 3. The number of nitrogens with one attached hydrogen (secondary N) is 1. The average molecular weight is 353 g/mol. The number of nitrogens with zero attached hydrogens (tertiary/aromatic N) is 1. The molecular formula is C18H19ClF2N2O. The van der Waals surface area contributed by atoms with Crippen molar-refractivity contribution in [3.05, 3.63) is 64.7 Å². The van der Waals surface area contributed by atoms with E-state index in [-0.39, 0.29) is 24.4 Å². The Kier molecular flexibility index (Phi) is 5.44. The molecule has 6 heteroatoms. The predicted octanol–water partition coefficient (Wildman–Crippen LogP) is 4.19. The molecular weight excluding hydrogens is 334 g/mol. The van der Waals surface area contributed by atoms with Crippen molar-refractivity contribution < 1.29 is 13.6 Å². The fourth-order valence-corrected chi connectivity index (χ4v) is 2.81. The Bertz CT molecular complexity index is 767. The van der Waals surface area contributed by atoms with Gasteiger partial charge in [0.1, 0.15) is 0 Å². The molecule has 1 aliphatic heterocycles. The first kappa shape index (κ1) is 18.2. The molecule has 2 aromatic rings. The molecule has 0 fully saturated rings. The van der Waals surface area contributed by atoms with Gasteiger partial charge < -0.3 is 10.2 Å². The second-order valence-electron chi connectivity index (χ2n) is 5.81. The number of fused-ring (bicyclic) bond motifs is 1. The fourth-order valence-electron chi connectivity index (χ4n) is 2.81. The summed E-state index contributed by atoms with van der Waals surface area (Å²) in [6.45, 7) is 2.67. The zero-order valence-corrected chi connectivity index (χ0v) is 14.3. The molecule has 1 N–H and O–H groups in total. The summed E-state index contributed by atoms with van der Waals surface area (Å²) >= 11 is 0. The molecule has 3 rings (SSSR count). The molecule has 1 heterocycles. The first-order valence-electron chi connectivity index (χ1n) is 7.56. The number of anilines is 1. The van der Waals surface area contributed by atoms with Gasteiger partial charge in [-0.2, -0.15) is 0 Å². The van der Waals surface area contributed by atoms with Crippen molar-refractivity contribution in [3.63, 3.8) is 0 Å². The molecule has 1 amide bonds. The van der Waals surface area contributed by atoms with Crippen molar-refractivity contribution in [2.45, 2.75) is 19.4 Å². The van der Waals surface area contributed by atoms with Crippen LogP contribution in [0.3, 0.4) is 0 Å². The zero-order valence-electron chi connectivity index (χ0n) is 13.5. The van der Waals surface area contributed by atoms with Gasteiger partial charge in [0.25, 0.3) is 5.91 Å². The summed E-state index contributed by atoms with van der Waals surface area (Å²) in [5, 5.41) is 3.25. The molecule has 0 aliphatic carbocycles. The summed E-state index contributed by atoms with van der Waals surface area (Å²) in [7, 11) is 1.67. The number of carbonyl (C=O) groups is 1. The number of benzene rings is 2. The van der Waals surface area contributed by atoms with Gasteiger partial charge in [-0.15, -0.1) is 12.4 Å². The number of carbonyl (C=O) groups excluding carboxylic acids is 1. The standard InChI is InChI=1S/C18H18F2N2O.ClH/c1-11(12-3-5-15(19)16(20)10-12)22(2)18(23)14-4-6-17-13(9-14)7-8-21-17;/h3-6,9-11,21H,7-8H2,1-2H3;1H. The highest BCUT2D eigenvalue weighted by Gasteiger charge is 2.21. The number of halogens is 3. The van der Waals surface area contributed by atoms with Gasteiger partial charge in [-0.3, -0.25) is 4.79 Å². The number of amides is 1. The second kappa shape index (κ2) is 7.18. The van der Waals surface area contributed by atoms with E-state index >= 15 is 0 Å². The van der Waals surface area contributed by atoms with Gasteiger partial charge in [-0.05, 0) is 54.8 Å². The Hall–Kier alpha value is -2.14. The lowest BCUT2D eigenvalue weighted by Gasteiger charge is -2.25. The van der Waals surface area contributed by atoms with Crippen molar-refractivity contribution in [2.75, 3.05) is 18.9 Å². The lowest BCUT2D eigenvalue weighted by atomic mass is 10.0. The zero-order chi connectivity index (χ0) is 16.6. The van der Waals surface area contributed by atoms with Gasteiger partial charge in [0.15, 0.2) is 11.6 Å². The van der Waals surface area contributed by atoms with Gasteiger partial charge in [0, 0.05) is 24.8 Å². The molecule has 0 radical (unpaired) electrons. The van der Waals surface area contributed by atoms with E-state index in [4.69, 9.17) is 0 Å². The van der Waals surface area contributed by atoms with Gasteiger partial charge in [0.05, 0.1) is 6.04 Å². The van der Waals surface area contributed by atoms with Gasteiger partial charge in [-0.1, -0.05) is 6.07 Å².